The minimum Gasteiger partial charge on any atom is -0.480 e. The second kappa shape index (κ2) is 46.1. The van der Waals surface area contributed by atoms with E-state index in [0.29, 0.717) is 18.6 Å². The van der Waals surface area contributed by atoms with Gasteiger partial charge in [-0.05, 0) is 161 Å². The van der Waals surface area contributed by atoms with Crippen LogP contribution < -0.4 is 47.9 Å². The minimum atomic E-state index is -1.94. The highest BCUT2D eigenvalue weighted by Gasteiger charge is 2.44. The largest absolute Gasteiger partial charge is 0.480 e. The van der Waals surface area contributed by atoms with Crippen LogP contribution in [0.15, 0.2) is 78.8 Å². The second-order valence-electron chi connectivity index (χ2n) is 33.9. The lowest BCUT2D eigenvalue weighted by Gasteiger charge is -2.35. The van der Waals surface area contributed by atoms with Crippen molar-refractivity contribution in [2.45, 2.75) is 285 Å². The molecule has 2 aliphatic carbocycles. The maximum Gasteiger partial charge on any atom is 0.407 e. The molecular weight excluding hydrogens is 1510 g/mol. The molecule has 0 bridgehead atoms. The van der Waals surface area contributed by atoms with Gasteiger partial charge in [-0.1, -0.05) is 122 Å². The van der Waals surface area contributed by atoms with Crippen LogP contribution in [0, 0.1) is 23.2 Å². The fourth-order valence-corrected chi connectivity index (χ4v) is 13.4. The number of fused-ring (bicyclic) bond motifs is 3. The first kappa shape index (κ1) is 99.1. The first-order valence-electron chi connectivity index (χ1n) is 40.0. The van der Waals surface area contributed by atoms with E-state index < -0.39 is 210 Å². The van der Waals surface area contributed by atoms with Crippen LogP contribution >= 0.6 is 0 Å². The Morgan fingerprint density at radius 1 is 0.530 bits per heavy atom. The monoisotopic (exact) mass is 1640 g/mol. The summed E-state index contributed by atoms with van der Waals surface area (Å²) in [4.78, 5) is 214. The molecule has 0 aliphatic heterocycles. The molecule has 0 saturated heterocycles. The average Bonchev–Trinajstić information content (AvgIpc) is 1.62. The summed E-state index contributed by atoms with van der Waals surface area (Å²) in [6.07, 6.45) is -2.21. The van der Waals surface area contributed by atoms with Gasteiger partial charge in [-0.25, -0.2) is 4.79 Å². The van der Waals surface area contributed by atoms with E-state index in [1.165, 1.54) is 53.7 Å². The molecule has 11 atom stereocenters. The van der Waals surface area contributed by atoms with Crippen LogP contribution in [0.5, 0.6) is 0 Å². The molecule has 10 N–H and O–H groups in total. The van der Waals surface area contributed by atoms with Gasteiger partial charge < -0.3 is 81.4 Å². The van der Waals surface area contributed by atoms with E-state index in [1.807, 2.05) is 76.2 Å². The number of nitrogens with zero attached hydrogens (tertiary/aromatic N) is 1. The number of benzene rings is 2. The van der Waals surface area contributed by atoms with Gasteiger partial charge in [0.05, 0.1) is 29.8 Å². The summed E-state index contributed by atoms with van der Waals surface area (Å²) in [5.74, 6) is -14.9. The van der Waals surface area contributed by atoms with Crippen LogP contribution in [0.25, 0.3) is 11.1 Å². The lowest BCUT2D eigenvalue weighted by Crippen LogP contribution is -2.64. The van der Waals surface area contributed by atoms with Gasteiger partial charge in [0, 0.05) is 43.9 Å². The molecule has 32 nitrogen and oxygen atoms in total. The zero-order valence-corrected chi connectivity index (χ0v) is 71.3. The van der Waals surface area contributed by atoms with Crippen molar-refractivity contribution in [1.29, 1.82) is 0 Å². The Hall–Kier alpha value is -10.2. The van der Waals surface area contributed by atoms with Gasteiger partial charge in [-0.3, -0.25) is 72.1 Å². The molecule has 648 valence electrons. The van der Waals surface area contributed by atoms with Gasteiger partial charge in [0.1, 0.15) is 97.8 Å². The Balaban J connectivity index is 1.71. The van der Waals surface area contributed by atoms with Crippen molar-refractivity contribution in [3.05, 3.63) is 85.0 Å². The molecule has 2 aliphatic rings. The number of aliphatic carboxylic acids is 1. The molecule has 4 rings (SSSR count). The molecule has 2 aromatic rings. The molecule has 2 aromatic carbocycles. The number of nitrogens with one attached hydrogen (secondary N) is 9. The smallest absolute Gasteiger partial charge is 0.407 e. The fraction of sp³-hybridized carbons (Fsp3) is 0.624. The van der Waals surface area contributed by atoms with Gasteiger partial charge in [0.2, 0.25) is 47.3 Å². The highest BCUT2D eigenvalue weighted by molar-refractivity contribution is 6.22. The van der Waals surface area contributed by atoms with Gasteiger partial charge in [0.15, 0.2) is 0 Å². The van der Waals surface area contributed by atoms with Crippen LogP contribution in [-0.2, 0) is 95.5 Å². The highest BCUT2D eigenvalue weighted by atomic mass is 16.6. The van der Waals surface area contributed by atoms with Crippen molar-refractivity contribution < 1.29 is 105 Å². The number of carbonyl (C=O) groups is 15. The maximum atomic E-state index is 14.9. The van der Waals surface area contributed by atoms with Gasteiger partial charge in [-0.2, -0.15) is 0 Å². The molecule has 6 unspecified atom stereocenters. The summed E-state index contributed by atoms with van der Waals surface area (Å²) in [5, 5.41) is 32.2. The van der Waals surface area contributed by atoms with Crippen molar-refractivity contribution in [2.75, 3.05) is 32.9 Å². The Bertz CT molecular complexity index is 3820. The van der Waals surface area contributed by atoms with Gasteiger partial charge in [-0.15, -0.1) is 0 Å². The number of unbranched alkanes of at least 4 members (excludes halogenated alkanes) is 1. The molecular formula is C85H126N10O22. The zero-order valence-electron chi connectivity index (χ0n) is 71.3. The number of amides is 9. The third-order valence-corrected chi connectivity index (χ3v) is 18.9. The first-order chi connectivity index (χ1) is 54.6. The van der Waals surface area contributed by atoms with Crippen LogP contribution in [-0.4, -0.2) is 210 Å². The highest BCUT2D eigenvalue weighted by Crippen LogP contribution is 2.45. The first-order valence-corrected chi connectivity index (χ1v) is 40.0. The summed E-state index contributed by atoms with van der Waals surface area (Å²) in [5.41, 5.74) is 0.750. The normalized spacial score (nSPS) is 16.5. The number of ketones is 2. The molecule has 0 radical (unpaired) electrons. The number of aliphatic imine (C=N–C) groups is 1. The van der Waals surface area contributed by atoms with E-state index in [9.17, 15) is 77.0 Å². The third kappa shape index (κ3) is 34.1. The van der Waals surface area contributed by atoms with Crippen molar-refractivity contribution in [3.8, 4) is 11.1 Å². The second-order valence-corrected chi connectivity index (χ2v) is 33.9. The number of Topliss-reactive ketones (excluding diaryl/α,β-unsaturated/α-hetero) is 2. The number of carboxylic acid groups (broad SMARTS) is 1. The van der Waals surface area contributed by atoms with E-state index in [0.717, 1.165) is 22.3 Å². The van der Waals surface area contributed by atoms with Crippen LogP contribution in [0.4, 0.5) is 4.79 Å². The van der Waals surface area contributed by atoms with E-state index in [4.69, 9.17) is 33.4 Å². The Kier molecular flexibility index (Phi) is 39.0. The van der Waals surface area contributed by atoms with E-state index in [1.54, 1.807) is 55.4 Å². The number of alkyl carbamates (subject to hydrolysis) is 1. The lowest BCUT2D eigenvalue weighted by atomic mass is 9.69. The van der Waals surface area contributed by atoms with E-state index in [2.05, 4.69) is 61.0 Å². The van der Waals surface area contributed by atoms with Crippen molar-refractivity contribution in [1.82, 2.24) is 47.9 Å². The number of carboxylic acids is 1. The average molecular weight is 1640 g/mol. The Labute approximate surface area is 686 Å². The third-order valence-electron chi connectivity index (χ3n) is 18.9. The summed E-state index contributed by atoms with van der Waals surface area (Å²) in [6.45, 7) is 35.6. The predicted octanol–water partition coefficient (Wildman–Crippen LogP) is 6.94. The molecule has 0 spiro atoms. The van der Waals surface area contributed by atoms with Crippen molar-refractivity contribution in [3.63, 3.8) is 0 Å². The topological polar surface area (TPSA) is 452 Å². The number of hydrogen-bond acceptors (Lipinski definition) is 22. The molecule has 0 heterocycles. The zero-order chi connectivity index (χ0) is 88.0. The van der Waals surface area contributed by atoms with E-state index in [-0.39, 0.29) is 81.9 Å². The Morgan fingerprint density at radius 2 is 0.974 bits per heavy atom. The number of esters is 3. The minimum absolute atomic E-state index is 0.0527. The molecule has 32 heteroatoms. The maximum absolute atomic E-state index is 14.9. The van der Waals surface area contributed by atoms with E-state index >= 15 is 0 Å². The number of ether oxygens (including phenoxy) is 6. The van der Waals surface area contributed by atoms with Gasteiger partial charge in [0.25, 0.3) is 0 Å². The molecule has 1 fully saturated rings. The Morgan fingerprint density at radius 3 is 1.44 bits per heavy atom. The van der Waals surface area contributed by atoms with Crippen LogP contribution in [0.1, 0.15) is 219 Å². The summed E-state index contributed by atoms with van der Waals surface area (Å²) < 4.78 is 34.0. The van der Waals surface area contributed by atoms with Crippen LogP contribution in [0.3, 0.4) is 0 Å². The predicted molar refractivity (Wildman–Crippen MR) is 435 cm³/mol. The molecule has 117 heavy (non-hydrogen) atoms. The number of rotatable bonds is 46. The summed E-state index contributed by atoms with van der Waals surface area (Å²) in [6, 6.07) is 2.11. The number of hydrogen-bond donors (Lipinski definition) is 10. The fourth-order valence-electron chi connectivity index (χ4n) is 13.4. The SMILES string of the molecule is C=CCOC(=O)CCC(NC(=O)C(CCCCN=C(CC(C)C)C1C(=O)CC(C)(C)CC1=O)NC(=O)OCC1c2ccccc2-c2ccccc21)C(=O)N[C@@H](C)C(=O)NC(CCC(=O)OCC=C)C(=O)N[C@@H](CC(=O)OC(C)(C)C)C(=O)NC(C(=O)N[C@H](C(=O)NC(C(=O)NCC(=O)O)[C@@H](C)OC(C)(C)C)C(C)OC(C)(C)C)[C@H](C)CC. The summed E-state index contributed by atoms with van der Waals surface area (Å²) in [7, 11) is 0. The number of carbonyl (C=O) groups excluding carboxylic acids is 14. The van der Waals surface area contributed by atoms with Crippen LogP contribution in [0.2, 0.25) is 0 Å². The van der Waals surface area contributed by atoms with Crippen molar-refractivity contribution in [2.24, 2.45) is 28.2 Å². The molecule has 0 aromatic heterocycles. The molecule has 1 saturated carbocycles. The summed E-state index contributed by atoms with van der Waals surface area (Å²) >= 11 is 0. The van der Waals surface area contributed by atoms with Gasteiger partial charge >= 0.3 is 30.0 Å². The van der Waals surface area contributed by atoms with Crippen molar-refractivity contribution >= 4 is 94.5 Å². The standard InChI is InChI=1S/C85H126N10O22/c1-21-40-112-66(100)37-35-59(90-75(105)58(34-28-29-39-86-61(42-48(4)5)69-63(96)44-85(19,20)45-64(69)97)92-81(111)114-47-57-55-32-26-24-30-53(55)54-31-25-27-33-56(54)57)74(104)88-50(7)73(103)89-60(36-38-67(101)113-41-22-2)76(106)91-62(43-68(102)117-84(16,17)18)77(107)93-70(49(6)23-3)79(109)95-72(52(9)116-83(13,14)15)80(110)94-71(51(8)115-82(10,11)12)78(108)87-46-65(98)99/h21-22,24-27,30-33,48-52,57-60,62,69-72H,1-2,23,28-29,34-47H2,3-20H3,(H,87,108)(H,88,104)(H,89,103)(H,90,105)(H,91,106)(H,92,111)(H,93,107)(H,94,110)(H,95,109)(H,98,99)/t49-,50+,51-,52?,58?,59?,60?,62+,70?,71?,72+/m1/s1. The molecule has 9 amide bonds. The lowest BCUT2D eigenvalue weighted by molar-refractivity contribution is -0.157. The quantitative estimate of drug-likeness (QED) is 0.00800.